The average molecular weight is 714 g/mol. The molecule has 0 bridgehead atoms. The van der Waals surface area contributed by atoms with Crippen molar-refractivity contribution >= 4 is 56.9 Å². The molecule has 0 amide bonds. The summed E-state index contributed by atoms with van der Waals surface area (Å²) in [4.78, 5) is 14.7. The van der Waals surface area contributed by atoms with Gasteiger partial charge < -0.3 is 19.6 Å². The summed E-state index contributed by atoms with van der Waals surface area (Å²) < 4.78 is 1.96. The van der Waals surface area contributed by atoms with Gasteiger partial charge in [0.15, 0.2) is 11.6 Å². The van der Waals surface area contributed by atoms with E-state index in [-0.39, 0.29) is 0 Å². The summed E-state index contributed by atoms with van der Waals surface area (Å²) in [7, 11) is 0. The molecule has 7 nitrogen and oxygen atoms in total. The summed E-state index contributed by atoms with van der Waals surface area (Å²) in [5.41, 5.74) is 14.5. The molecule has 1 aromatic heterocycles. The van der Waals surface area contributed by atoms with Crippen molar-refractivity contribution in [2.24, 2.45) is 0 Å². The van der Waals surface area contributed by atoms with Crippen molar-refractivity contribution in [1.29, 1.82) is 0 Å². The average Bonchev–Trinajstić information content (AvgIpc) is 3.71. The maximum atomic E-state index is 5.21. The zero-order valence-electron chi connectivity index (χ0n) is 30.8. The normalized spacial score (nSPS) is 12.9. The monoisotopic (exact) mass is 713 g/mol. The van der Waals surface area contributed by atoms with Crippen molar-refractivity contribution in [2.75, 3.05) is 32.7 Å². The SMILES string of the molecule is CCN1c2ccccc2N(c2ccc(-c3nc(-c4ccc(N5c6ccccc6N(CC)c6ccccc65)cc4)n(-c4ccccc4)n3)cc2)c2ccccc21. The maximum Gasteiger partial charge on any atom is 0.182 e. The fraction of sp³-hybridized carbons (Fsp3) is 0.0833. The van der Waals surface area contributed by atoms with Crippen LogP contribution in [0.4, 0.5) is 56.9 Å². The van der Waals surface area contributed by atoms with Gasteiger partial charge in [-0.3, -0.25) is 0 Å². The summed E-state index contributed by atoms with van der Waals surface area (Å²) >= 11 is 0. The van der Waals surface area contributed by atoms with Gasteiger partial charge in [0, 0.05) is 35.6 Å². The van der Waals surface area contributed by atoms with Crippen molar-refractivity contribution in [1.82, 2.24) is 14.8 Å². The highest BCUT2D eigenvalue weighted by Crippen LogP contribution is 2.52. The lowest BCUT2D eigenvalue weighted by Crippen LogP contribution is -2.26. The Kier molecular flexibility index (Phi) is 7.91. The van der Waals surface area contributed by atoms with E-state index in [0.29, 0.717) is 5.82 Å². The summed E-state index contributed by atoms with van der Waals surface area (Å²) in [6, 6.07) is 62.1. The molecule has 0 N–H and O–H groups in total. The topological polar surface area (TPSA) is 43.7 Å². The molecule has 0 spiro atoms. The first kappa shape index (κ1) is 32.5. The van der Waals surface area contributed by atoms with Gasteiger partial charge in [-0.15, -0.1) is 5.10 Å². The van der Waals surface area contributed by atoms with Gasteiger partial charge in [0.2, 0.25) is 0 Å². The highest BCUT2D eigenvalue weighted by Gasteiger charge is 2.30. The largest absolute Gasteiger partial charge is 0.338 e. The predicted molar refractivity (Wildman–Crippen MR) is 227 cm³/mol. The fourth-order valence-electron chi connectivity index (χ4n) is 8.17. The van der Waals surface area contributed by atoms with Gasteiger partial charge in [-0.1, -0.05) is 66.7 Å². The van der Waals surface area contributed by atoms with Crippen LogP contribution in [-0.4, -0.2) is 27.9 Å². The number of para-hydroxylation sites is 9. The van der Waals surface area contributed by atoms with E-state index >= 15 is 0 Å². The highest BCUT2D eigenvalue weighted by atomic mass is 15.4. The molecule has 10 rings (SSSR count). The van der Waals surface area contributed by atoms with Crippen molar-refractivity contribution in [3.05, 3.63) is 176 Å². The van der Waals surface area contributed by atoms with E-state index in [2.05, 4.69) is 191 Å². The molecule has 8 aromatic rings. The second-order valence-corrected chi connectivity index (χ2v) is 13.7. The third-order valence-electron chi connectivity index (χ3n) is 10.7. The first-order valence-corrected chi connectivity index (χ1v) is 19.0. The Balaban J connectivity index is 1.03. The van der Waals surface area contributed by atoms with Crippen LogP contribution in [0.3, 0.4) is 0 Å². The molecular formula is C48H39N7. The Hall–Kier alpha value is -7.12. The van der Waals surface area contributed by atoms with Crippen LogP contribution in [0.2, 0.25) is 0 Å². The Bertz CT molecular complexity index is 2550. The molecule has 7 aromatic carbocycles. The minimum absolute atomic E-state index is 0.671. The summed E-state index contributed by atoms with van der Waals surface area (Å²) in [6.45, 7) is 6.18. The Morgan fingerprint density at radius 2 is 0.727 bits per heavy atom. The van der Waals surface area contributed by atoms with E-state index in [1.165, 1.54) is 22.7 Å². The maximum absolute atomic E-state index is 5.21. The molecule has 0 aliphatic carbocycles. The zero-order valence-corrected chi connectivity index (χ0v) is 30.8. The second-order valence-electron chi connectivity index (χ2n) is 13.7. The first-order chi connectivity index (χ1) is 27.2. The zero-order chi connectivity index (χ0) is 36.9. The third kappa shape index (κ3) is 5.35. The molecule has 0 fully saturated rings. The van der Waals surface area contributed by atoms with Gasteiger partial charge in [-0.2, -0.15) is 0 Å². The Morgan fingerprint density at radius 3 is 1.13 bits per heavy atom. The van der Waals surface area contributed by atoms with Crippen LogP contribution in [0.15, 0.2) is 176 Å². The second kappa shape index (κ2) is 13.4. The minimum atomic E-state index is 0.671. The molecule has 0 radical (unpaired) electrons. The van der Waals surface area contributed by atoms with Gasteiger partial charge in [0.1, 0.15) is 0 Å². The van der Waals surface area contributed by atoms with Crippen molar-refractivity contribution < 1.29 is 0 Å². The van der Waals surface area contributed by atoms with E-state index in [1.54, 1.807) is 0 Å². The number of hydrogen-bond acceptors (Lipinski definition) is 6. The van der Waals surface area contributed by atoms with Crippen molar-refractivity contribution in [3.63, 3.8) is 0 Å². The van der Waals surface area contributed by atoms with Gasteiger partial charge >= 0.3 is 0 Å². The predicted octanol–water partition coefficient (Wildman–Crippen LogP) is 12.5. The number of anilines is 10. The number of rotatable bonds is 7. The summed E-state index contributed by atoms with van der Waals surface area (Å²) in [6.07, 6.45) is 0. The van der Waals surface area contributed by atoms with Crippen LogP contribution >= 0.6 is 0 Å². The van der Waals surface area contributed by atoms with Crippen molar-refractivity contribution in [3.8, 4) is 28.5 Å². The van der Waals surface area contributed by atoms with Gasteiger partial charge in [0.25, 0.3) is 0 Å². The number of hydrogen-bond donors (Lipinski definition) is 0. The van der Waals surface area contributed by atoms with Crippen LogP contribution in [0.5, 0.6) is 0 Å². The third-order valence-corrected chi connectivity index (χ3v) is 10.7. The minimum Gasteiger partial charge on any atom is -0.338 e. The summed E-state index contributed by atoms with van der Waals surface area (Å²) in [5, 5.41) is 5.12. The molecule has 0 saturated heterocycles. The van der Waals surface area contributed by atoms with Crippen LogP contribution < -0.4 is 19.6 Å². The molecule has 7 heteroatoms. The molecule has 266 valence electrons. The quantitative estimate of drug-likeness (QED) is 0.164. The van der Waals surface area contributed by atoms with E-state index < -0.39 is 0 Å². The number of nitrogens with zero attached hydrogens (tertiary/aromatic N) is 7. The van der Waals surface area contributed by atoms with Crippen molar-refractivity contribution in [2.45, 2.75) is 13.8 Å². The van der Waals surface area contributed by atoms with Gasteiger partial charge in [-0.05, 0) is 123 Å². The molecule has 3 heterocycles. The molecule has 2 aliphatic rings. The highest BCUT2D eigenvalue weighted by molar-refractivity contribution is 5.99. The molecule has 0 unspecified atom stereocenters. The molecule has 55 heavy (non-hydrogen) atoms. The standard InChI is InChI=1S/C48H39N7/c1-3-51-39-18-8-12-22-43(39)53(44-23-13-9-19-40(44)51)36-30-26-34(27-31-36)47-49-48(55(50-47)38-16-6-5-7-17-38)35-28-32-37(33-29-35)54-45-24-14-10-20-41(45)52(4-2)42-21-11-15-25-46(42)54/h5-33H,3-4H2,1-2H3. The molecule has 2 aliphatic heterocycles. The van der Waals surface area contributed by atoms with Crippen LogP contribution in [0.25, 0.3) is 28.5 Å². The van der Waals surface area contributed by atoms with Gasteiger partial charge in [0.05, 0.1) is 51.2 Å². The molecule has 0 atom stereocenters. The molecular weight excluding hydrogens is 675 g/mol. The van der Waals surface area contributed by atoms with E-state index in [9.17, 15) is 0 Å². The molecule has 0 saturated carbocycles. The lowest BCUT2D eigenvalue weighted by molar-refractivity contribution is 0.890. The summed E-state index contributed by atoms with van der Waals surface area (Å²) in [5.74, 6) is 1.46. The van der Waals surface area contributed by atoms with Gasteiger partial charge in [-0.25, -0.2) is 9.67 Å². The lowest BCUT2D eigenvalue weighted by Gasteiger charge is -2.39. The van der Waals surface area contributed by atoms with E-state index in [0.717, 1.165) is 69.9 Å². The number of aromatic nitrogens is 3. The first-order valence-electron chi connectivity index (χ1n) is 19.0. The smallest absolute Gasteiger partial charge is 0.182 e. The van der Waals surface area contributed by atoms with Crippen LogP contribution in [-0.2, 0) is 0 Å². The van der Waals surface area contributed by atoms with E-state index in [4.69, 9.17) is 10.1 Å². The lowest BCUT2D eigenvalue weighted by atomic mass is 10.1. The Labute approximate surface area is 321 Å². The fourth-order valence-corrected chi connectivity index (χ4v) is 8.17. The van der Waals surface area contributed by atoms with Crippen LogP contribution in [0.1, 0.15) is 13.8 Å². The van der Waals surface area contributed by atoms with E-state index in [1.807, 2.05) is 22.9 Å². The number of benzene rings is 7. The Morgan fingerprint density at radius 1 is 0.364 bits per heavy atom. The number of fused-ring (bicyclic) bond motifs is 4. The van der Waals surface area contributed by atoms with Crippen LogP contribution in [0, 0.1) is 0 Å².